The number of piperidine rings is 1. The van der Waals surface area contributed by atoms with E-state index in [1.54, 1.807) is 0 Å². The van der Waals surface area contributed by atoms with Gasteiger partial charge in [-0.2, -0.15) is 0 Å². The van der Waals surface area contributed by atoms with E-state index in [1.807, 2.05) is 0 Å². The first kappa shape index (κ1) is 10.5. The summed E-state index contributed by atoms with van der Waals surface area (Å²) in [7, 11) is 0. The Morgan fingerprint density at radius 2 is 1.86 bits per heavy atom. The minimum Gasteiger partial charge on any atom is -0.316 e. The zero-order chi connectivity index (χ0) is 9.80. The Bertz CT molecular complexity index is 161. The Kier molecular flexibility index (Phi) is 3.86. The average molecular weight is 195 g/mol. The molecule has 1 N–H and O–H groups in total. The summed E-state index contributed by atoms with van der Waals surface area (Å²) < 4.78 is 0. The van der Waals surface area contributed by atoms with Crippen LogP contribution in [-0.4, -0.2) is 13.1 Å². The third kappa shape index (κ3) is 2.31. The molecule has 1 heteroatoms. The minimum atomic E-state index is 0.979. The highest BCUT2D eigenvalue weighted by molar-refractivity contribution is 4.83. The molecular formula is C13H25N. The Labute approximate surface area is 88.7 Å². The van der Waals surface area contributed by atoms with Gasteiger partial charge < -0.3 is 5.32 Å². The zero-order valence-corrected chi connectivity index (χ0v) is 9.60. The molecule has 0 spiro atoms. The van der Waals surface area contributed by atoms with Crippen molar-refractivity contribution >= 4 is 0 Å². The largest absolute Gasteiger partial charge is 0.316 e. The van der Waals surface area contributed by atoms with Crippen LogP contribution in [0, 0.1) is 17.8 Å². The molecule has 14 heavy (non-hydrogen) atoms. The fourth-order valence-electron chi connectivity index (χ4n) is 3.57. The van der Waals surface area contributed by atoms with E-state index in [4.69, 9.17) is 0 Å². The van der Waals surface area contributed by atoms with Crippen molar-refractivity contribution in [1.29, 1.82) is 0 Å². The van der Waals surface area contributed by atoms with Crippen molar-refractivity contribution in [3.8, 4) is 0 Å². The summed E-state index contributed by atoms with van der Waals surface area (Å²) in [6, 6.07) is 0. The molecule has 1 nitrogen and oxygen atoms in total. The van der Waals surface area contributed by atoms with E-state index in [2.05, 4.69) is 12.2 Å². The van der Waals surface area contributed by atoms with Crippen molar-refractivity contribution in [2.45, 2.75) is 51.9 Å². The van der Waals surface area contributed by atoms with Crippen LogP contribution >= 0.6 is 0 Å². The molecule has 82 valence electrons. The standard InChI is InChI=1S/C13H25N/c1-2-11-10-14-9-8-13(11)12-6-4-3-5-7-12/h11-14H,2-10H2,1H3. The summed E-state index contributed by atoms with van der Waals surface area (Å²) in [5, 5.41) is 3.55. The van der Waals surface area contributed by atoms with E-state index < -0.39 is 0 Å². The van der Waals surface area contributed by atoms with Gasteiger partial charge in [-0.1, -0.05) is 45.4 Å². The Balaban J connectivity index is 1.91. The van der Waals surface area contributed by atoms with Crippen LogP contribution in [0.2, 0.25) is 0 Å². The fourth-order valence-corrected chi connectivity index (χ4v) is 3.57. The molecule has 2 rings (SSSR count). The molecule has 2 fully saturated rings. The minimum absolute atomic E-state index is 0.979. The molecule has 0 bridgehead atoms. The van der Waals surface area contributed by atoms with Gasteiger partial charge in [-0.25, -0.2) is 0 Å². The third-order valence-corrected chi connectivity index (χ3v) is 4.45. The lowest BCUT2D eigenvalue weighted by atomic mass is 9.70. The van der Waals surface area contributed by atoms with Crippen molar-refractivity contribution in [1.82, 2.24) is 5.32 Å². The van der Waals surface area contributed by atoms with Crippen LogP contribution in [0.5, 0.6) is 0 Å². The summed E-state index contributed by atoms with van der Waals surface area (Å²) in [6.07, 6.45) is 10.4. The molecule has 1 saturated heterocycles. The van der Waals surface area contributed by atoms with Gasteiger partial charge in [-0.05, 0) is 37.3 Å². The number of hydrogen-bond donors (Lipinski definition) is 1. The summed E-state index contributed by atoms with van der Waals surface area (Å²) >= 11 is 0. The molecule has 1 heterocycles. The van der Waals surface area contributed by atoms with Crippen LogP contribution in [0.4, 0.5) is 0 Å². The van der Waals surface area contributed by atoms with Crippen molar-refractivity contribution in [2.75, 3.05) is 13.1 Å². The topological polar surface area (TPSA) is 12.0 Å². The van der Waals surface area contributed by atoms with Crippen molar-refractivity contribution in [3.63, 3.8) is 0 Å². The number of rotatable bonds is 2. The maximum absolute atomic E-state index is 3.55. The van der Waals surface area contributed by atoms with Crippen molar-refractivity contribution in [2.24, 2.45) is 17.8 Å². The molecule has 2 atom stereocenters. The van der Waals surface area contributed by atoms with E-state index in [0.717, 1.165) is 17.8 Å². The molecule has 1 aliphatic carbocycles. The van der Waals surface area contributed by atoms with Crippen LogP contribution in [0.3, 0.4) is 0 Å². The fraction of sp³-hybridized carbons (Fsp3) is 1.00. The number of hydrogen-bond acceptors (Lipinski definition) is 1. The van der Waals surface area contributed by atoms with Crippen LogP contribution in [0.25, 0.3) is 0 Å². The first-order valence-corrected chi connectivity index (χ1v) is 6.62. The maximum atomic E-state index is 3.55. The van der Waals surface area contributed by atoms with E-state index in [0.29, 0.717) is 0 Å². The van der Waals surface area contributed by atoms with Gasteiger partial charge in [0.05, 0.1) is 0 Å². The molecule has 0 aromatic heterocycles. The molecule has 1 aliphatic heterocycles. The van der Waals surface area contributed by atoms with Crippen LogP contribution < -0.4 is 5.32 Å². The highest BCUT2D eigenvalue weighted by Gasteiger charge is 2.31. The van der Waals surface area contributed by atoms with Gasteiger partial charge in [-0.3, -0.25) is 0 Å². The molecular weight excluding hydrogens is 170 g/mol. The summed E-state index contributed by atoms with van der Waals surface area (Å²) in [4.78, 5) is 0. The lowest BCUT2D eigenvalue weighted by molar-refractivity contribution is 0.136. The molecule has 0 aromatic carbocycles. The summed E-state index contributed by atoms with van der Waals surface area (Å²) in [5.41, 5.74) is 0. The zero-order valence-electron chi connectivity index (χ0n) is 9.60. The van der Waals surface area contributed by atoms with Crippen LogP contribution in [0.1, 0.15) is 51.9 Å². The normalized spacial score (nSPS) is 35.8. The van der Waals surface area contributed by atoms with Gasteiger partial charge in [0.1, 0.15) is 0 Å². The first-order valence-electron chi connectivity index (χ1n) is 6.62. The van der Waals surface area contributed by atoms with Gasteiger partial charge in [0, 0.05) is 0 Å². The maximum Gasteiger partial charge on any atom is -0.00179 e. The molecule has 1 saturated carbocycles. The van der Waals surface area contributed by atoms with Crippen molar-refractivity contribution < 1.29 is 0 Å². The van der Waals surface area contributed by atoms with E-state index in [1.165, 1.54) is 58.0 Å². The van der Waals surface area contributed by atoms with Crippen molar-refractivity contribution in [3.05, 3.63) is 0 Å². The highest BCUT2D eigenvalue weighted by Crippen LogP contribution is 2.37. The summed E-state index contributed by atoms with van der Waals surface area (Å²) in [5.74, 6) is 3.12. The van der Waals surface area contributed by atoms with Crippen LogP contribution in [-0.2, 0) is 0 Å². The van der Waals surface area contributed by atoms with Gasteiger partial charge >= 0.3 is 0 Å². The smallest absolute Gasteiger partial charge is 0.00179 e. The SMILES string of the molecule is CCC1CNCCC1C1CCCCC1. The lowest BCUT2D eigenvalue weighted by Crippen LogP contribution is -2.40. The van der Waals surface area contributed by atoms with Gasteiger partial charge in [0.2, 0.25) is 0 Å². The third-order valence-electron chi connectivity index (χ3n) is 4.45. The van der Waals surface area contributed by atoms with Gasteiger partial charge in [0.15, 0.2) is 0 Å². The van der Waals surface area contributed by atoms with E-state index in [9.17, 15) is 0 Å². The second kappa shape index (κ2) is 5.16. The Hall–Kier alpha value is -0.0400. The molecule has 0 amide bonds. The molecule has 0 radical (unpaired) electrons. The average Bonchev–Trinajstić information content (AvgIpc) is 2.30. The molecule has 2 unspecified atom stereocenters. The van der Waals surface area contributed by atoms with Crippen LogP contribution in [0.15, 0.2) is 0 Å². The second-order valence-electron chi connectivity index (χ2n) is 5.22. The quantitative estimate of drug-likeness (QED) is 0.713. The lowest BCUT2D eigenvalue weighted by Gasteiger charge is -2.39. The Morgan fingerprint density at radius 3 is 2.57 bits per heavy atom. The van der Waals surface area contributed by atoms with Gasteiger partial charge in [0.25, 0.3) is 0 Å². The second-order valence-corrected chi connectivity index (χ2v) is 5.22. The number of nitrogens with one attached hydrogen (secondary N) is 1. The highest BCUT2D eigenvalue weighted by atomic mass is 14.9. The van der Waals surface area contributed by atoms with Gasteiger partial charge in [-0.15, -0.1) is 0 Å². The molecule has 0 aromatic rings. The molecule has 2 aliphatic rings. The monoisotopic (exact) mass is 195 g/mol. The Morgan fingerprint density at radius 1 is 1.07 bits per heavy atom. The van der Waals surface area contributed by atoms with E-state index in [-0.39, 0.29) is 0 Å². The predicted octanol–water partition coefficient (Wildman–Crippen LogP) is 3.20. The van der Waals surface area contributed by atoms with E-state index >= 15 is 0 Å². The predicted molar refractivity (Wildman–Crippen MR) is 61.3 cm³/mol. The first-order chi connectivity index (χ1) is 6.92. The summed E-state index contributed by atoms with van der Waals surface area (Å²) in [6.45, 7) is 4.93.